The molecule has 4 aliphatic rings. The van der Waals surface area contributed by atoms with Crippen LogP contribution in [0, 0.1) is 28.6 Å². The third-order valence-electron chi connectivity index (χ3n) is 9.93. The van der Waals surface area contributed by atoms with Crippen LogP contribution in [-0.4, -0.2) is 50.1 Å². The predicted octanol–water partition coefficient (Wildman–Crippen LogP) is 4.70. The van der Waals surface area contributed by atoms with Gasteiger partial charge in [-0.15, -0.1) is 0 Å². The topological polar surface area (TPSA) is 114 Å². The van der Waals surface area contributed by atoms with Crippen LogP contribution in [0.3, 0.4) is 0 Å². The molecule has 0 spiro atoms. The number of halogens is 2. The van der Waals surface area contributed by atoms with Crippen molar-refractivity contribution in [1.29, 1.82) is 0 Å². The van der Waals surface area contributed by atoms with Crippen LogP contribution in [0.25, 0.3) is 0 Å². The first-order valence-electron chi connectivity index (χ1n) is 12.3. The van der Waals surface area contributed by atoms with Gasteiger partial charge in [0.25, 0.3) is 5.12 Å². The predicted molar refractivity (Wildman–Crippen MR) is 125 cm³/mol. The number of ketones is 1. The number of hydrogen-bond donors (Lipinski definition) is 2. The van der Waals surface area contributed by atoms with E-state index in [-0.39, 0.29) is 61.3 Å². The van der Waals surface area contributed by atoms with Gasteiger partial charge in [0.05, 0.1) is 24.4 Å². The van der Waals surface area contributed by atoms with Gasteiger partial charge in [0.2, 0.25) is 5.76 Å². The van der Waals surface area contributed by atoms with Crippen molar-refractivity contribution in [1.82, 2.24) is 0 Å². The lowest BCUT2D eigenvalue weighted by molar-refractivity contribution is -0.231. The fraction of sp³-hybridized carbons (Fsp3) is 0.654. The number of furan rings is 1. The summed E-state index contributed by atoms with van der Waals surface area (Å²) in [6.45, 7) is 4.91. The van der Waals surface area contributed by atoms with Crippen LogP contribution in [-0.2, 0) is 14.3 Å². The molecule has 0 aliphatic heterocycles. The number of esters is 1. The van der Waals surface area contributed by atoms with E-state index >= 15 is 8.78 Å². The molecule has 36 heavy (non-hydrogen) atoms. The minimum atomic E-state index is -2.25. The maximum atomic E-state index is 17.4. The second kappa shape index (κ2) is 8.23. The fourth-order valence-corrected chi connectivity index (χ4v) is 8.84. The first-order chi connectivity index (χ1) is 16.9. The van der Waals surface area contributed by atoms with E-state index in [0.29, 0.717) is 0 Å². The van der Waals surface area contributed by atoms with E-state index < -0.39 is 63.2 Å². The fourth-order valence-electron chi connectivity index (χ4n) is 8.23. The number of rotatable bonds is 3. The van der Waals surface area contributed by atoms with Crippen LogP contribution in [0.1, 0.15) is 63.4 Å². The Morgan fingerprint density at radius 3 is 2.61 bits per heavy atom. The lowest BCUT2D eigenvalue weighted by Gasteiger charge is -2.64. The van der Waals surface area contributed by atoms with Crippen LogP contribution < -0.4 is 0 Å². The molecule has 5 rings (SSSR count). The van der Waals surface area contributed by atoms with E-state index in [1.54, 1.807) is 20.8 Å². The summed E-state index contributed by atoms with van der Waals surface area (Å²) in [5.41, 5.74) is -6.76. The minimum absolute atomic E-state index is 0.0561. The number of carbonyl (C=O) groups is 3. The maximum Gasteiger partial charge on any atom is 0.375 e. The highest BCUT2D eigenvalue weighted by atomic mass is 32.2. The lowest BCUT2D eigenvalue weighted by Crippen LogP contribution is -2.71. The Kier molecular flexibility index (Phi) is 5.85. The summed E-state index contributed by atoms with van der Waals surface area (Å²) in [5.74, 6) is -3.63. The van der Waals surface area contributed by atoms with Gasteiger partial charge in [0.15, 0.2) is 11.4 Å². The third-order valence-corrected chi connectivity index (χ3v) is 10.4. The number of fused-ring (bicyclic) bond motifs is 5. The molecule has 4 aliphatic carbocycles. The van der Waals surface area contributed by atoms with E-state index in [4.69, 9.17) is 9.15 Å². The molecule has 0 saturated heterocycles. The Balaban J connectivity index is 1.63. The number of hydrogen-bond acceptors (Lipinski definition) is 8. The second-order valence-electron chi connectivity index (χ2n) is 11.3. The van der Waals surface area contributed by atoms with Crippen LogP contribution in [0.2, 0.25) is 0 Å². The molecule has 1 aromatic rings. The van der Waals surface area contributed by atoms with Gasteiger partial charge in [-0.25, -0.2) is 13.6 Å². The standard InChI is InChI=1S/C26H30F2O7S/c1-13-9-15-16-11-18(27)17-10-14(29)6-7-23(17,2)25(16,28)20(30)12-24(15,3)26(13,22(32)36-33)35-21(31)19-5-4-8-34-19/h4-5,8,10,13,15-16,18,20,30,33H,6-7,9,11-12H2,1-3H3/t13-,15+,16+,18+,20+,23+,24+,25+,26+/m1/s1. The van der Waals surface area contributed by atoms with Gasteiger partial charge < -0.3 is 18.8 Å². The largest absolute Gasteiger partial charge is 0.457 e. The molecule has 7 nitrogen and oxygen atoms in total. The second-order valence-corrected chi connectivity index (χ2v) is 11.9. The van der Waals surface area contributed by atoms with Crippen LogP contribution in [0.15, 0.2) is 34.5 Å². The smallest absolute Gasteiger partial charge is 0.375 e. The van der Waals surface area contributed by atoms with Crippen molar-refractivity contribution < 1.29 is 42.0 Å². The molecule has 0 aromatic carbocycles. The summed E-state index contributed by atoms with van der Waals surface area (Å²) >= 11 is -0.0767. The Morgan fingerprint density at radius 1 is 1.25 bits per heavy atom. The van der Waals surface area contributed by atoms with E-state index in [9.17, 15) is 24.0 Å². The minimum Gasteiger partial charge on any atom is -0.457 e. The number of aliphatic hydroxyl groups excluding tert-OH is 1. The molecular formula is C26H30F2O7S. The summed E-state index contributed by atoms with van der Waals surface area (Å²) in [4.78, 5) is 38.4. The zero-order valence-corrected chi connectivity index (χ0v) is 21.1. The van der Waals surface area contributed by atoms with Crippen molar-refractivity contribution in [2.75, 3.05) is 0 Å². The monoisotopic (exact) mass is 524 g/mol. The van der Waals surface area contributed by atoms with Gasteiger partial charge in [-0.05, 0) is 55.4 Å². The van der Waals surface area contributed by atoms with Crippen molar-refractivity contribution in [3.63, 3.8) is 0 Å². The average molecular weight is 525 g/mol. The number of allylic oxidation sites excluding steroid dienone is 1. The third kappa shape index (κ3) is 3.01. The van der Waals surface area contributed by atoms with Crippen LogP contribution in [0.5, 0.6) is 0 Å². The molecular weight excluding hydrogens is 494 g/mol. The molecule has 9 atom stereocenters. The van der Waals surface area contributed by atoms with Gasteiger partial charge in [-0.1, -0.05) is 20.8 Å². The molecule has 0 unspecified atom stereocenters. The van der Waals surface area contributed by atoms with E-state index in [0.717, 1.165) is 0 Å². The number of ether oxygens (including phenoxy) is 1. The summed E-state index contributed by atoms with van der Waals surface area (Å²) in [6.07, 6.45) is -0.893. The number of carbonyl (C=O) groups excluding carboxylic acids is 3. The van der Waals surface area contributed by atoms with E-state index in [1.807, 2.05) is 0 Å². The van der Waals surface area contributed by atoms with Crippen molar-refractivity contribution >= 4 is 28.9 Å². The van der Waals surface area contributed by atoms with Crippen molar-refractivity contribution in [3.8, 4) is 0 Å². The molecule has 1 aromatic heterocycles. The molecule has 10 heteroatoms. The molecule has 196 valence electrons. The van der Waals surface area contributed by atoms with Crippen LogP contribution >= 0.6 is 12.0 Å². The highest BCUT2D eigenvalue weighted by Crippen LogP contribution is 2.72. The Hall–Kier alpha value is -2.04. The molecule has 0 radical (unpaired) electrons. The molecule has 3 fully saturated rings. The summed E-state index contributed by atoms with van der Waals surface area (Å²) in [5, 5.41) is 10.6. The highest BCUT2D eigenvalue weighted by molar-refractivity contribution is 8.09. The summed E-state index contributed by atoms with van der Waals surface area (Å²) in [6, 6.07) is 2.86. The normalized spacial score (nSPS) is 45.8. The maximum absolute atomic E-state index is 17.4. The van der Waals surface area contributed by atoms with Gasteiger partial charge in [0.1, 0.15) is 11.8 Å². The van der Waals surface area contributed by atoms with Crippen molar-refractivity contribution in [3.05, 3.63) is 35.8 Å². The Bertz CT molecular complexity index is 1140. The molecule has 0 bridgehead atoms. The van der Waals surface area contributed by atoms with Gasteiger partial charge in [-0.2, -0.15) is 0 Å². The zero-order chi connectivity index (χ0) is 26.3. The summed E-state index contributed by atoms with van der Waals surface area (Å²) in [7, 11) is 0. The lowest BCUT2D eigenvalue weighted by atomic mass is 9.43. The number of aliphatic hydroxyl groups is 1. The molecule has 0 amide bonds. The number of alkyl halides is 2. The van der Waals surface area contributed by atoms with E-state index in [1.165, 1.54) is 24.5 Å². The average Bonchev–Trinajstić information content (AvgIpc) is 3.44. The summed E-state index contributed by atoms with van der Waals surface area (Å²) < 4.78 is 53.8. The van der Waals surface area contributed by atoms with Crippen molar-refractivity contribution in [2.24, 2.45) is 28.6 Å². The Morgan fingerprint density at radius 2 is 1.97 bits per heavy atom. The first-order valence-corrected chi connectivity index (χ1v) is 13.0. The SMILES string of the molecule is C[C@@H]1C[C@H]2[C@@H]3C[C@H](F)C4=CC(=O)CC[C@]4(C)[C@@]3(F)[C@@H](O)C[C@]2(C)[C@@]1(OC(=O)c1ccco1)C(=O)SO. The van der Waals surface area contributed by atoms with Gasteiger partial charge in [0, 0.05) is 29.1 Å². The van der Waals surface area contributed by atoms with E-state index in [2.05, 4.69) is 0 Å². The van der Waals surface area contributed by atoms with Gasteiger partial charge >= 0.3 is 5.97 Å². The van der Waals surface area contributed by atoms with Crippen LogP contribution in [0.4, 0.5) is 8.78 Å². The highest BCUT2D eigenvalue weighted by Gasteiger charge is 2.78. The molecule has 1 heterocycles. The molecule has 2 N–H and O–H groups in total. The quantitative estimate of drug-likeness (QED) is 0.432. The van der Waals surface area contributed by atoms with Gasteiger partial charge in [-0.3, -0.25) is 9.59 Å². The Labute approximate surface area is 211 Å². The van der Waals surface area contributed by atoms with Crippen molar-refractivity contribution in [2.45, 2.75) is 76.4 Å². The zero-order valence-electron chi connectivity index (χ0n) is 20.3. The first kappa shape index (κ1) is 25.6. The molecule has 3 saturated carbocycles.